The van der Waals surface area contributed by atoms with E-state index in [1.54, 1.807) is 79.1 Å². The number of pyridine rings is 1. The quantitative estimate of drug-likeness (QED) is 0.107. The SMILES string of the molecule is Cc1ccc(NC(=O)C(Sc2cccc(NC(=O)/C(=C/c3cccnc3)NC(=O)c3ccccc3)c2)c2ccccc2)cc1Cl. The first kappa shape index (κ1) is 31.3. The van der Waals surface area contributed by atoms with E-state index in [4.69, 9.17) is 11.6 Å². The Hall–Kier alpha value is -5.18. The number of nitrogens with zero attached hydrogens (tertiary/aromatic N) is 1. The first-order chi connectivity index (χ1) is 21.9. The maximum atomic E-state index is 13.6. The largest absolute Gasteiger partial charge is 0.325 e. The van der Waals surface area contributed by atoms with Crippen molar-refractivity contribution >= 4 is 58.5 Å². The van der Waals surface area contributed by atoms with Gasteiger partial charge >= 0.3 is 0 Å². The number of anilines is 2. The molecule has 9 heteroatoms. The number of halogens is 1. The third-order valence-corrected chi connectivity index (χ3v) is 8.31. The Morgan fingerprint density at radius 1 is 0.800 bits per heavy atom. The molecular formula is C36H29ClN4O3S. The summed E-state index contributed by atoms with van der Waals surface area (Å²) in [4.78, 5) is 44.9. The lowest BCUT2D eigenvalue weighted by Crippen LogP contribution is -2.30. The van der Waals surface area contributed by atoms with Crippen molar-refractivity contribution in [3.63, 3.8) is 0 Å². The molecule has 1 atom stereocenters. The number of amides is 3. The summed E-state index contributed by atoms with van der Waals surface area (Å²) < 4.78 is 0. The number of rotatable bonds is 10. The highest BCUT2D eigenvalue weighted by atomic mass is 35.5. The van der Waals surface area contributed by atoms with Gasteiger partial charge in [0.25, 0.3) is 11.8 Å². The molecule has 5 aromatic rings. The number of hydrogen-bond acceptors (Lipinski definition) is 5. The minimum atomic E-state index is -0.594. The van der Waals surface area contributed by atoms with E-state index < -0.39 is 17.1 Å². The number of hydrogen-bond donors (Lipinski definition) is 3. The summed E-state index contributed by atoms with van der Waals surface area (Å²) >= 11 is 7.64. The molecule has 0 radical (unpaired) electrons. The Bertz CT molecular complexity index is 1830. The fourth-order valence-corrected chi connectivity index (χ4v) is 5.60. The Kier molecular flexibility index (Phi) is 10.4. The van der Waals surface area contributed by atoms with Crippen LogP contribution in [-0.2, 0) is 9.59 Å². The van der Waals surface area contributed by atoms with E-state index in [-0.39, 0.29) is 11.6 Å². The van der Waals surface area contributed by atoms with Crippen molar-refractivity contribution in [2.75, 3.05) is 10.6 Å². The Morgan fingerprint density at radius 3 is 2.24 bits per heavy atom. The standard InChI is InChI=1S/C36H29ClN4O3S/c1-24-17-18-29(22-31(24)37)40-36(44)33(26-11-4-2-5-12-26)45-30-16-8-15-28(21-30)39-35(43)32(20-25-10-9-19-38-23-25)41-34(42)27-13-6-3-7-14-27/h2-23,33H,1H3,(H,39,43)(H,40,44)(H,41,42)/b32-20-. The topological polar surface area (TPSA) is 100 Å². The Balaban J connectivity index is 1.36. The average molecular weight is 633 g/mol. The first-order valence-electron chi connectivity index (χ1n) is 14.0. The second-order valence-corrected chi connectivity index (χ2v) is 11.6. The van der Waals surface area contributed by atoms with Crippen molar-refractivity contribution < 1.29 is 14.4 Å². The lowest BCUT2D eigenvalue weighted by Gasteiger charge is -2.18. The van der Waals surface area contributed by atoms with Crippen LogP contribution in [0.2, 0.25) is 5.02 Å². The van der Waals surface area contributed by atoms with Crippen LogP contribution >= 0.6 is 23.4 Å². The molecule has 0 aliphatic carbocycles. The second kappa shape index (κ2) is 15.0. The number of carbonyl (C=O) groups is 3. The summed E-state index contributed by atoms with van der Waals surface area (Å²) in [5, 5.41) is 8.56. The van der Waals surface area contributed by atoms with Crippen LogP contribution in [0.4, 0.5) is 11.4 Å². The fourth-order valence-electron chi connectivity index (χ4n) is 4.33. The highest BCUT2D eigenvalue weighted by Crippen LogP contribution is 2.37. The van der Waals surface area contributed by atoms with Crippen molar-refractivity contribution in [3.8, 4) is 0 Å². The van der Waals surface area contributed by atoms with Crippen LogP contribution in [0.5, 0.6) is 0 Å². The maximum absolute atomic E-state index is 13.6. The van der Waals surface area contributed by atoms with E-state index >= 15 is 0 Å². The van der Waals surface area contributed by atoms with Gasteiger partial charge in [0.1, 0.15) is 10.9 Å². The van der Waals surface area contributed by atoms with Gasteiger partial charge in [-0.2, -0.15) is 0 Å². The van der Waals surface area contributed by atoms with Gasteiger partial charge in [-0.15, -0.1) is 11.8 Å². The summed E-state index contributed by atoms with van der Waals surface area (Å²) in [6.07, 6.45) is 4.79. The molecule has 0 spiro atoms. The van der Waals surface area contributed by atoms with Crippen molar-refractivity contribution in [3.05, 3.63) is 161 Å². The van der Waals surface area contributed by atoms with E-state index in [1.165, 1.54) is 11.8 Å². The summed E-state index contributed by atoms with van der Waals surface area (Å²) in [6, 6.07) is 34.2. The maximum Gasteiger partial charge on any atom is 0.272 e. The number of benzene rings is 4. The molecule has 0 saturated heterocycles. The number of aryl methyl sites for hydroxylation is 1. The van der Waals surface area contributed by atoms with Crippen molar-refractivity contribution in [1.29, 1.82) is 0 Å². The molecule has 0 bridgehead atoms. The third-order valence-electron chi connectivity index (χ3n) is 6.65. The lowest BCUT2D eigenvalue weighted by atomic mass is 10.1. The van der Waals surface area contributed by atoms with E-state index in [0.29, 0.717) is 27.5 Å². The molecule has 1 aromatic heterocycles. The second-order valence-electron chi connectivity index (χ2n) is 10.0. The molecule has 0 aliphatic heterocycles. The molecule has 3 N–H and O–H groups in total. The summed E-state index contributed by atoms with van der Waals surface area (Å²) in [5.41, 5.74) is 3.94. The van der Waals surface area contributed by atoms with E-state index in [0.717, 1.165) is 16.0 Å². The zero-order chi connectivity index (χ0) is 31.6. The van der Waals surface area contributed by atoms with Gasteiger partial charge < -0.3 is 16.0 Å². The Labute approximate surface area is 270 Å². The van der Waals surface area contributed by atoms with Gasteiger partial charge in [0.2, 0.25) is 5.91 Å². The smallest absolute Gasteiger partial charge is 0.272 e. The van der Waals surface area contributed by atoms with Crippen LogP contribution in [0, 0.1) is 6.92 Å². The number of thioether (sulfide) groups is 1. The molecule has 5 rings (SSSR count). The summed E-state index contributed by atoms with van der Waals surface area (Å²) in [5.74, 6) is -1.15. The van der Waals surface area contributed by atoms with Gasteiger partial charge in [-0.05, 0) is 78.2 Å². The van der Waals surface area contributed by atoms with E-state index in [2.05, 4.69) is 20.9 Å². The minimum Gasteiger partial charge on any atom is -0.325 e. The zero-order valence-electron chi connectivity index (χ0n) is 24.2. The van der Waals surface area contributed by atoms with Crippen LogP contribution in [0.3, 0.4) is 0 Å². The predicted octanol–water partition coefficient (Wildman–Crippen LogP) is 7.93. The van der Waals surface area contributed by atoms with Gasteiger partial charge in [0, 0.05) is 39.3 Å². The van der Waals surface area contributed by atoms with Gasteiger partial charge in [0.05, 0.1) is 0 Å². The monoisotopic (exact) mass is 632 g/mol. The van der Waals surface area contributed by atoms with Crippen LogP contribution < -0.4 is 16.0 Å². The fraction of sp³-hybridized carbons (Fsp3) is 0.0556. The Morgan fingerprint density at radius 2 is 1.53 bits per heavy atom. The predicted molar refractivity (Wildman–Crippen MR) is 181 cm³/mol. The molecular weight excluding hydrogens is 604 g/mol. The lowest BCUT2D eigenvalue weighted by molar-refractivity contribution is -0.116. The van der Waals surface area contributed by atoms with Gasteiger partial charge in [-0.3, -0.25) is 19.4 Å². The zero-order valence-corrected chi connectivity index (χ0v) is 25.8. The number of carbonyl (C=O) groups excluding carboxylic acids is 3. The van der Waals surface area contributed by atoms with E-state index in [9.17, 15) is 14.4 Å². The summed E-state index contributed by atoms with van der Waals surface area (Å²) in [6.45, 7) is 1.90. The molecule has 0 saturated carbocycles. The van der Waals surface area contributed by atoms with Gasteiger partial charge in [0.15, 0.2) is 0 Å². The van der Waals surface area contributed by atoms with Crippen LogP contribution in [0.1, 0.15) is 32.3 Å². The van der Waals surface area contributed by atoms with Crippen LogP contribution in [0.15, 0.2) is 138 Å². The van der Waals surface area contributed by atoms with E-state index in [1.807, 2.05) is 61.5 Å². The van der Waals surface area contributed by atoms with Gasteiger partial charge in [-0.1, -0.05) is 78.3 Å². The highest BCUT2D eigenvalue weighted by molar-refractivity contribution is 8.00. The first-order valence-corrected chi connectivity index (χ1v) is 15.3. The molecule has 45 heavy (non-hydrogen) atoms. The molecule has 1 heterocycles. The van der Waals surface area contributed by atoms with Crippen molar-refractivity contribution in [2.45, 2.75) is 17.1 Å². The molecule has 7 nitrogen and oxygen atoms in total. The molecule has 4 aromatic carbocycles. The number of aromatic nitrogens is 1. The molecule has 1 unspecified atom stereocenters. The minimum absolute atomic E-state index is 0.0493. The van der Waals surface area contributed by atoms with Gasteiger partial charge in [-0.25, -0.2) is 0 Å². The van der Waals surface area contributed by atoms with Crippen molar-refractivity contribution in [1.82, 2.24) is 10.3 Å². The molecule has 0 aliphatic rings. The van der Waals surface area contributed by atoms with Crippen molar-refractivity contribution in [2.24, 2.45) is 0 Å². The molecule has 224 valence electrons. The third kappa shape index (κ3) is 8.69. The van der Waals surface area contributed by atoms with Crippen LogP contribution in [0.25, 0.3) is 6.08 Å². The highest BCUT2D eigenvalue weighted by Gasteiger charge is 2.23. The molecule has 0 fully saturated rings. The summed E-state index contributed by atoms with van der Waals surface area (Å²) in [7, 11) is 0. The van der Waals surface area contributed by atoms with Crippen LogP contribution in [-0.4, -0.2) is 22.7 Å². The molecule has 3 amide bonds. The normalized spacial score (nSPS) is 11.7. The average Bonchev–Trinajstić information content (AvgIpc) is 3.06. The number of nitrogens with one attached hydrogen (secondary N) is 3.